The van der Waals surface area contributed by atoms with Crippen LogP contribution in [0.4, 0.5) is 0 Å². The van der Waals surface area contributed by atoms with Crippen LogP contribution in [0.1, 0.15) is 84.1 Å². The van der Waals surface area contributed by atoms with Crippen LogP contribution in [0.15, 0.2) is 53.6 Å². The first-order valence-corrected chi connectivity index (χ1v) is 22.2. The number of carbonyl (C=O) groups is 5. The number of hydrazine groups is 1. The third-order valence-electron chi connectivity index (χ3n) is 12.7. The lowest BCUT2D eigenvalue weighted by Crippen LogP contribution is -2.62. The fourth-order valence-corrected chi connectivity index (χ4v) is 9.35. The van der Waals surface area contributed by atoms with Crippen LogP contribution in [0.2, 0.25) is 0 Å². The van der Waals surface area contributed by atoms with Crippen molar-refractivity contribution in [3.8, 4) is 22.7 Å². The number of esters is 1. The summed E-state index contributed by atoms with van der Waals surface area (Å²) in [7, 11) is 3.23. The third kappa shape index (κ3) is 13.0. The first-order valence-electron chi connectivity index (χ1n) is 22.2. The summed E-state index contributed by atoms with van der Waals surface area (Å²) in [5.41, 5.74) is 7.93. The van der Waals surface area contributed by atoms with Gasteiger partial charge in [-0.15, -0.1) is 10.2 Å². The Hall–Kier alpha value is -4.19. The summed E-state index contributed by atoms with van der Waals surface area (Å²) in [6.45, 7) is 17.1. The summed E-state index contributed by atoms with van der Waals surface area (Å²) in [5, 5.41) is 14.0. The monoisotopic (exact) mass is 1050 g/mol. The second kappa shape index (κ2) is 25.8. The van der Waals surface area contributed by atoms with E-state index in [0.29, 0.717) is 44.3 Å². The molecule has 6 heterocycles. The zero-order chi connectivity index (χ0) is 46.0. The molecule has 4 aromatic rings. The topological polar surface area (TPSA) is 194 Å². The summed E-state index contributed by atoms with van der Waals surface area (Å²) in [5.74, 6) is -2.59. The minimum atomic E-state index is -1.23. The lowest BCUT2D eigenvalue weighted by Gasteiger charge is -2.36. The third-order valence-corrected chi connectivity index (χ3v) is 12.7. The fourth-order valence-electron chi connectivity index (χ4n) is 9.35. The Morgan fingerprint density at radius 1 is 1.06 bits per heavy atom. The van der Waals surface area contributed by atoms with E-state index in [9.17, 15) is 24.0 Å². The highest BCUT2D eigenvalue weighted by molar-refractivity contribution is 7.60. The minimum Gasteiger partial charge on any atom is -0.464 e. The molecule has 2 N–H and O–H groups in total. The van der Waals surface area contributed by atoms with E-state index in [0.717, 1.165) is 33.4 Å². The second-order valence-corrected chi connectivity index (χ2v) is 18.3. The molecule has 22 heteroatoms. The van der Waals surface area contributed by atoms with Crippen molar-refractivity contribution >= 4 is 108 Å². The van der Waals surface area contributed by atoms with Crippen molar-refractivity contribution < 1.29 is 37.9 Å². The number of benzene rings is 1. The van der Waals surface area contributed by atoms with Gasteiger partial charge in [-0.05, 0) is 87.4 Å². The smallest absolute Gasteiger partial charge is 0.324 e. The number of hydrogen-bond acceptors (Lipinski definition) is 12. The number of hydrogen-bond donors (Lipinski definition) is 2. The van der Waals surface area contributed by atoms with E-state index < -0.39 is 47.2 Å². The Labute approximate surface area is 439 Å². The lowest BCUT2D eigenvalue weighted by molar-refractivity contribution is -0.155. The maximum absolute atomic E-state index is 14.5. The van der Waals surface area contributed by atoms with E-state index in [4.69, 9.17) is 18.9 Å². The van der Waals surface area contributed by atoms with Crippen LogP contribution in [-0.4, -0.2) is 123 Å². The number of carbonyl (C=O) groups excluding carboxylic acids is 5. The van der Waals surface area contributed by atoms with Crippen molar-refractivity contribution in [3.05, 3.63) is 66.3 Å². The molecule has 0 saturated carbocycles. The number of aryl methyl sites for hydroxylation is 1. The highest BCUT2D eigenvalue weighted by atomic mass is 32.1. The Kier molecular flexibility index (Phi) is 22.8. The molecular weight excluding hydrogens is 979 g/mol. The Balaban J connectivity index is 0.00000327. The molecule has 3 aliphatic heterocycles. The van der Waals surface area contributed by atoms with Gasteiger partial charge in [-0.3, -0.25) is 34.0 Å². The fraction of sp³-hybridized carbons (Fsp3) is 0.532. The lowest BCUT2D eigenvalue weighted by atomic mass is 9.84. The number of methoxy groups -OCH3 is 1. The molecule has 0 spiro atoms. The largest absolute Gasteiger partial charge is 0.464 e. The molecule has 2 saturated heterocycles. The standard InChI is InChI=1S/C47H61N9O8.5H2S/c1-10-38(57)54-21-18-30(25-54)44(59)53(8)40(27(3)4)42(58)49-35-23-37-50-51-43(64-37)29-16-17-36-32(22-29)33(41(55(36)11-2)31-14-12-19-48-39(31)28(5)62-9)24-47(6,7)26-63-46(61)34-15-13-20-56(52-34)45(35)60;;;;;/h10,12,14,16-17,19,22,27-28,30,34-35,40,52H,1,11,13,15,18,20-21,23-26H2,2-9H3,(H,49,58);5*1H2/t28-,30-,34-,35-,40-;;;;;/m0...../s1. The molecule has 0 radical (unpaired) electrons. The van der Waals surface area contributed by atoms with Crippen LogP contribution in [0.25, 0.3) is 33.6 Å². The van der Waals surface area contributed by atoms with E-state index in [1.165, 1.54) is 16.0 Å². The van der Waals surface area contributed by atoms with E-state index >= 15 is 0 Å². The van der Waals surface area contributed by atoms with Crippen molar-refractivity contribution in [2.45, 2.75) is 104 Å². The normalized spacial score (nSPS) is 19.8. The quantitative estimate of drug-likeness (QED) is 0.156. The summed E-state index contributed by atoms with van der Waals surface area (Å²) >= 11 is 0. The van der Waals surface area contributed by atoms with Gasteiger partial charge in [0.25, 0.3) is 5.91 Å². The van der Waals surface area contributed by atoms with Crippen LogP contribution in [0, 0.1) is 17.3 Å². The van der Waals surface area contributed by atoms with Gasteiger partial charge < -0.3 is 33.6 Å². The molecule has 6 bridgehead atoms. The molecule has 4 amide bonds. The first-order chi connectivity index (χ1) is 30.5. The number of nitrogens with zero attached hydrogens (tertiary/aromatic N) is 7. The number of cyclic esters (lactones) is 1. The van der Waals surface area contributed by atoms with Crippen molar-refractivity contribution in [2.24, 2.45) is 17.3 Å². The van der Waals surface area contributed by atoms with Crippen LogP contribution >= 0.6 is 67.5 Å². The van der Waals surface area contributed by atoms with Gasteiger partial charge >= 0.3 is 5.97 Å². The van der Waals surface area contributed by atoms with Gasteiger partial charge in [-0.1, -0.05) is 34.3 Å². The number of nitrogens with one attached hydrogen (secondary N) is 2. The van der Waals surface area contributed by atoms with Crippen LogP contribution < -0.4 is 10.7 Å². The number of likely N-dealkylation sites (tertiary alicyclic amines) is 1. The van der Waals surface area contributed by atoms with Gasteiger partial charge in [0.1, 0.15) is 18.1 Å². The molecule has 0 unspecified atom stereocenters. The van der Waals surface area contributed by atoms with Crippen molar-refractivity contribution in [3.63, 3.8) is 0 Å². The van der Waals surface area contributed by atoms with Gasteiger partial charge in [0.15, 0.2) is 0 Å². The molecule has 17 nitrogen and oxygen atoms in total. The predicted molar refractivity (Wildman–Crippen MR) is 290 cm³/mol. The molecule has 69 heavy (non-hydrogen) atoms. The molecular formula is C47H71N9O8S5. The van der Waals surface area contributed by atoms with E-state index in [1.54, 1.807) is 25.3 Å². The maximum atomic E-state index is 14.5. The molecule has 1 aromatic carbocycles. The number of rotatable bonds is 10. The number of aromatic nitrogens is 4. The predicted octanol–water partition coefficient (Wildman–Crippen LogP) is 5.21. The first kappa shape index (κ1) is 60.9. The Morgan fingerprint density at radius 2 is 1.78 bits per heavy atom. The number of pyridine rings is 1. The summed E-state index contributed by atoms with van der Waals surface area (Å²) < 4.78 is 20.4. The molecule has 382 valence electrons. The zero-order valence-corrected chi connectivity index (χ0v) is 45.7. The Bertz CT molecular complexity index is 2450. The molecule has 7 rings (SSSR count). The van der Waals surface area contributed by atoms with E-state index in [2.05, 4.69) is 58.9 Å². The van der Waals surface area contributed by atoms with Gasteiger partial charge in [-0.25, -0.2) is 5.43 Å². The highest BCUT2D eigenvalue weighted by Gasteiger charge is 2.40. The molecule has 5 atom stereocenters. The molecule has 3 aliphatic rings. The summed E-state index contributed by atoms with van der Waals surface area (Å²) in [6.07, 6.45) is 4.46. The van der Waals surface area contributed by atoms with Gasteiger partial charge in [0, 0.05) is 74.0 Å². The molecule has 0 aliphatic carbocycles. The molecule has 3 aromatic heterocycles. The van der Waals surface area contributed by atoms with Crippen LogP contribution in [0.5, 0.6) is 0 Å². The average Bonchev–Trinajstić information content (AvgIpc) is 4.05. The minimum absolute atomic E-state index is 0. The van der Waals surface area contributed by atoms with Crippen LogP contribution in [0.3, 0.4) is 0 Å². The average molecular weight is 1050 g/mol. The van der Waals surface area contributed by atoms with Gasteiger partial charge in [0.05, 0.1) is 36.4 Å². The molecule has 2 fully saturated rings. The van der Waals surface area contributed by atoms with Crippen molar-refractivity contribution in [1.29, 1.82) is 0 Å². The zero-order valence-electron chi connectivity index (χ0n) is 40.7. The van der Waals surface area contributed by atoms with Gasteiger partial charge in [-0.2, -0.15) is 67.5 Å². The van der Waals surface area contributed by atoms with E-state index in [1.807, 2.05) is 45.0 Å². The number of ether oxygens (including phenoxy) is 2. The highest BCUT2D eigenvalue weighted by Crippen LogP contribution is 2.42. The summed E-state index contributed by atoms with van der Waals surface area (Å²) in [4.78, 5) is 76.6. The van der Waals surface area contributed by atoms with Gasteiger partial charge in [0.2, 0.25) is 29.5 Å². The van der Waals surface area contributed by atoms with Crippen molar-refractivity contribution in [1.82, 2.24) is 45.3 Å². The number of likely N-dealkylation sites (N-methyl/N-ethyl adjacent to an activating group) is 1. The SMILES string of the molecule is C=CC(=O)N1CC[C@H](C(=O)N(C)[C@H](C(=O)N[C@H]2Cc3nnc(o3)-c3ccc4c(c3)c(c(-c3cccnc3[C@H](C)OC)n4CC)CC(C)(C)COC(=O)[C@@H]3CCCN(N3)C2=O)C(C)C)C1.S.S.S.S.S. The van der Waals surface area contributed by atoms with Crippen molar-refractivity contribution in [2.75, 3.05) is 40.4 Å². The number of fused-ring (bicyclic) bond motifs is 6. The second-order valence-electron chi connectivity index (χ2n) is 18.3. The maximum Gasteiger partial charge on any atom is 0.324 e. The summed E-state index contributed by atoms with van der Waals surface area (Å²) in [6, 6.07) is 6.96. The van der Waals surface area contributed by atoms with E-state index in [-0.39, 0.29) is 129 Å². The van der Waals surface area contributed by atoms with Crippen LogP contribution in [-0.2, 0) is 52.8 Å². The Morgan fingerprint density at radius 3 is 2.45 bits per heavy atom. The number of amides is 4.